The molecule has 2 N–H and O–H groups in total. The van der Waals surface area contributed by atoms with E-state index in [2.05, 4.69) is 33.4 Å². The molecule has 1 atom stereocenters. The molecule has 1 saturated carbocycles. The zero-order valence-corrected chi connectivity index (χ0v) is 21.4. The Morgan fingerprint density at radius 1 is 1.08 bits per heavy atom. The van der Waals surface area contributed by atoms with Crippen LogP contribution in [0.2, 0.25) is 0 Å². The molecule has 2 heterocycles. The number of anilines is 2. The third kappa shape index (κ3) is 6.65. The molecular formula is C29H38N4O3. The highest BCUT2D eigenvalue weighted by Gasteiger charge is 2.25. The fourth-order valence-corrected chi connectivity index (χ4v) is 5.23. The van der Waals surface area contributed by atoms with Crippen LogP contribution in [0.4, 0.5) is 16.3 Å². The fourth-order valence-electron chi connectivity index (χ4n) is 5.23. The lowest BCUT2D eigenvalue weighted by Crippen LogP contribution is -2.32. The van der Waals surface area contributed by atoms with Crippen LogP contribution in [0, 0.1) is 5.92 Å². The van der Waals surface area contributed by atoms with Gasteiger partial charge in [0.15, 0.2) is 0 Å². The van der Waals surface area contributed by atoms with Gasteiger partial charge in [0.25, 0.3) is 5.91 Å². The summed E-state index contributed by atoms with van der Waals surface area (Å²) in [5.74, 6) is 1.71. The van der Waals surface area contributed by atoms with Crippen LogP contribution in [0.25, 0.3) is 0 Å². The van der Waals surface area contributed by atoms with Crippen molar-refractivity contribution in [3.63, 3.8) is 0 Å². The number of allylic oxidation sites excluding steroid dienone is 1. The predicted molar refractivity (Wildman–Crippen MR) is 144 cm³/mol. The van der Waals surface area contributed by atoms with Crippen molar-refractivity contribution in [3.8, 4) is 0 Å². The Labute approximate surface area is 214 Å². The van der Waals surface area contributed by atoms with Crippen molar-refractivity contribution in [1.29, 1.82) is 0 Å². The standard InChI is InChI=1S/C29H38N4O3/c1-21(2)14-17-33(28(34)25-10-8-24(9-11-25)23-6-4-3-5-7-23)26-12-13-27(30-19-26)32-16-15-22(20-32)18-31-29(35)36/h8-14,19,22-23,31H,3-7,15-18,20H2,1-2H3,(H,35,36). The van der Waals surface area contributed by atoms with Crippen LogP contribution in [-0.2, 0) is 0 Å². The summed E-state index contributed by atoms with van der Waals surface area (Å²) in [4.78, 5) is 33.0. The topological polar surface area (TPSA) is 85.8 Å². The SMILES string of the molecule is CC(C)=CCN(C(=O)c1ccc(C2CCCCC2)cc1)c1ccc(N2CCC(CNC(=O)O)C2)nc1. The first-order chi connectivity index (χ1) is 17.4. The van der Waals surface area contributed by atoms with Gasteiger partial charge in [0.05, 0.1) is 11.9 Å². The van der Waals surface area contributed by atoms with Crippen LogP contribution < -0.4 is 15.1 Å². The van der Waals surface area contributed by atoms with Crippen LogP contribution in [0.1, 0.15) is 74.2 Å². The summed E-state index contributed by atoms with van der Waals surface area (Å²) >= 11 is 0. The molecule has 0 radical (unpaired) electrons. The Kier molecular flexibility index (Phi) is 8.62. The van der Waals surface area contributed by atoms with E-state index in [-0.39, 0.29) is 11.8 Å². The number of carboxylic acid groups (broad SMARTS) is 1. The van der Waals surface area contributed by atoms with Crippen molar-refractivity contribution in [2.45, 2.75) is 58.3 Å². The van der Waals surface area contributed by atoms with Gasteiger partial charge in [-0.05, 0) is 74.8 Å². The average molecular weight is 491 g/mol. The number of nitrogens with one attached hydrogen (secondary N) is 1. The molecule has 1 aromatic carbocycles. The number of carbonyl (C=O) groups is 2. The van der Waals surface area contributed by atoms with Gasteiger partial charge in [0.2, 0.25) is 0 Å². The molecule has 7 heteroatoms. The summed E-state index contributed by atoms with van der Waals surface area (Å²) in [5, 5.41) is 11.3. The van der Waals surface area contributed by atoms with E-state index >= 15 is 0 Å². The average Bonchev–Trinajstić information content (AvgIpc) is 3.37. The van der Waals surface area contributed by atoms with Crippen LogP contribution in [0.15, 0.2) is 54.2 Å². The van der Waals surface area contributed by atoms with E-state index in [4.69, 9.17) is 5.11 Å². The second-order valence-corrected chi connectivity index (χ2v) is 10.3. The van der Waals surface area contributed by atoms with Gasteiger partial charge in [-0.1, -0.05) is 43.0 Å². The molecule has 2 fully saturated rings. The number of benzene rings is 1. The van der Waals surface area contributed by atoms with Crippen LogP contribution in [0.5, 0.6) is 0 Å². The molecule has 1 aromatic heterocycles. The van der Waals surface area contributed by atoms with E-state index < -0.39 is 6.09 Å². The number of amides is 2. The Bertz CT molecular complexity index is 1050. The number of rotatable bonds is 8. The molecule has 2 aliphatic rings. The molecule has 0 spiro atoms. The fraction of sp³-hybridized carbons (Fsp3) is 0.483. The van der Waals surface area contributed by atoms with Crippen LogP contribution in [-0.4, -0.2) is 48.3 Å². The summed E-state index contributed by atoms with van der Waals surface area (Å²) < 4.78 is 0. The monoisotopic (exact) mass is 490 g/mol. The largest absolute Gasteiger partial charge is 0.465 e. The Hall–Kier alpha value is -3.35. The summed E-state index contributed by atoms with van der Waals surface area (Å²) in [6.07, 6.45) is 10.2. The molecule has 192 valence electrons. The lowest BCUT2D eigenvalue weighted by atomic mass is 9.84. The molecule has 7 nitrogen and oxygen atoms in total. The number of nitrogens with zero attached hydrogens (tertiary/aromatic N) is 3. The number of carbonyl (C=O) groups excluding carboxylic acids is 1. The van der Waals surface area contributed by atoms with Crippen molar-refractivity contribution in [2.75, 3.05) is 36.0 Å². The molecule has 1 saturated heterocycles. The second kappa shape index (κ2) is 12.1. The normalized spacial score (nSPS) is 18.1. The van der Waals surface area contributed by atoms with E-state index in [9.17, 15) is 9.59 Å². The maximum absolute atomic E-state index is 13.6. The van der Waals surface area contributed by atoms with Gasteiger partial charge in [-0.25, -0.2) is 9.78 Å². The van der Waals surface area contributed by atoms with Gasteiger partial charge >= 0.3 is 6.09 Å². The molecule has 4 rings (SSSR count). The first kappa shape index (κ1) is 25.7. The number of hydrogen-bond acceptors (Lipinski definition) is 4. The van der Waals surface area contributed by atoms with Gasteiger partial charge in [-0.15, -0.1) is 0 Å². The molecule has 1 aliphatic heterocycles. The molecule has 36 heavy (non-hydrogen) atoms. The molecule has 1 unspecified atom stereocenters. The van der Waals surface area contributed by atoms with E-state index in [1.165, 1.54) is 37.7 Å². The third-order valence-electron chi connectivity index (χ3n) is 7.36. The summed E-state index contributed by atoms with van der Waals surface area (Å²) in [6.45, 7) is 6.61. The van der Waals surface area contributed by atoms with Gasteiger partial charge < -0.3 is 20.2 Å². The first-order valence-electron chi connectivity index (χ1n) is 13.1. The lowest BCUT2D eigenvalue weighted by molar-refractivity contribution is 0.0989. The summed E-state index contributed by atoms with van der Waals surface area (Å²) in [6, 6.07) is 12.1. The summed E-state index contributed by atoms with van der Waals surface area (Å²) in [7, 11) is 0. The highest BCUT2D eigenvalue weighted by molar-refractivity contribution is 6.06. The van der Waals surface area contributed by atoms with E-state index in [1.54, 1.807) is 11.1 Å². The zero-order chi connectivity index (χ0) is 25.5. The lowest BCUT2D eigenvalue weighted by Gasteiger charge is -2.24. The van der Waals surface area contributed by atoms with Crippen LogP contribution >= 0.6 is 0 Å². The first-order valence-corrected chi connectivity index (χ1v) is 13.1. The Morgan fingerprint density at radius 3 is 2.47 bits per heavy atom. The number of aromatic nitrogens is 1. The Balaban J connectivity index is 1.46. The van der Waals surface area contributed by atoms with E-state index in [0.29, 0.717) is 24.6 Å². The van der Waals surface area contributed by atoms with Gasteiger partial charge in [0.1, 0.15) is 5.82 Å². The van der Waals surface area contributed by atoms with Crippen molar-refractivity contribution in [2.24, 2.45) is 5.92 Å². The minimum atomic E-state index is -0.985. The molecule has 0 bridgehead atoms. The number of pyridine rings is 1. The summed E-state index contributed by atoms with van der Waals surface area (Å²) in [5.41, 5.74) is 3.95. The minimum Gasteiger partial charge on any atom is -0.465 e. The molecular weight excluding hydrogens is 452 g/mol. The van der Waals surface area contributed by atoms with Crippen molar-refractivity contribution < 1.29 is 14.7 Å². The minimum absolute atomic E-state index is 0.0294. The van der Waals surface area contributed by atoms with E-state index in [1.807, 2.05) is 38.1 Å². The molecule has 2 aromatic rings. The zero-order valence-electron chi connectivity index (χ0n) is 21.4. The smallest absolute Gasteiger partial charge is 0.404 e. The van der Waals surface area contributed by atoms with Gasteiger partial charge in [-0.3, -0.25) is 4.79 Å². The third-order valence-corrected chi connectivity index (χ3v) is 7.36. The second-order valence-electron chi connectivity index (χ2n) is 10.3. The quantitative estimate of drug-likeness (QED) is 0.454. The highest BCUT2D eigenvalue weighted by atomic mass is 16.4. The van der Waals surface area contributed by atoms with Crippen molar-refractivity contribution in [3.05, 3.63) is 65.4 Å². The van der Waals surface area contributed by atoms with E-state index in [0.717, 1.165) is 36.6 Å². The Morgan fingerprint density at radius 2 is 1.83 bits per heavy atom. The molecule has 1 aliphatic carbocycles. The highest BCUT2D eigenvalue weighted by Crippen LogP contribution is 2.33. The molecule has 2 amide bonds. The maximum Gasteiger partial charge on any atom is 0.404 e. The predicted octanol–water partition coefficient (Wildman–Crippen LogP) is 5.84. The van der Waals surface area contributed by atoms with Crippen molar-refractivity contribution >= 4 is 23.5 Å². The number of hydrogen-bond donors (Lipinski definition) is 2. The van der Waals surface area contributed by atoms with Gasteiger partial charge in [0, 0.05) is 31.7 Å². The van der Waals surface area contributed by atoms with Crippen molar-refractivity contribution in [1.82, 2.24) is 10.3 Å². The van der Waals surface area contributed by atoms with Gasteiger partial charge in [-0.2, -0.15) is 0 Å². The maximum atomic E-state index is 13.6. The van der Waals surface area contributed by atoms with Crippen LogP contribution in [0.3, 0.4) is 0 Å².